The zero-order valence-electron chi connectivity index (χ0n) is 9.87. The molecule has 0 saturated heterocycles. The number of halogens is 1. The van der Waals surface area contributed by atoms with Crippen LogP contribution in [0.1, 0.15) is 25.3 Å². The van der Waals surface area contributed by atoms with Gasteiger partial charge in [-0.1, -0.05) is 28.1 Å². The van der Waals surface area contributed by atoms with Crippen molar-refractivity contribution in [2.24, 2.45) is 5.92 Å². The Morgan fingerprint density at radius 3 is 2.94 bits per heavy atom. The summed E-state index contributed by atoms with van der Waals surface area (Å²) in [6, 6.07) is 8.15. The van der Waals surface area contributed by atoms with E-state index in [-0.39, 0.29) is 12.1 Å². The molecule has 0 aromatic heterocycles. The molecule has 17 heavy (non-hydrogen) atoms. The molecule has 0 aliphatic heterocycles. The number of nitrogens with one attached hydrogen (secondary N) is 2. The third-order valence-corrected chi connectivity index (χ3v) is 3.52. The van der Waals surface area contributed by atoms with E-state index < -0.39 is 0 Å². The van der Waals surface area contributed by atoms with Crippen molar-refractivity contribution in [2.75, 3.05) is 0 Å². The number of carbonyl (C=O) groups is 1. The summed E-state index contributed by atoms with van der Waals surface area (Å²) in [5.74, 6) is 0.687. The zero-order chi connectivity index (χ0) is 12.3. The van der Waals surface area contributed by atoms with E-state index in [1.54, 1.807) is 0 Å². The van der Waals surface area contributed by atoms with E-state index in [0.717, 1.165) is 10.0 Å². The van der Waals surface area contributed by atoms with Crippen LogP contribution >= 0.6 is 15.9 Å². The van der Waals surface area contributed by atoms with Gasteiger partial charge in [0.25, 0.3) is 0 Å². The van der Waals surface area contributed by atoms with Crippen LogP contribution in [-0.2, 0) is 6.54 Å². The molecule has 1 aliphatic rings. The van der Waals surface area contributed by atoms with Gasteiger partial charge in [-0.3, -0.25) is 0 Å². The van der Waals surface area contributed by atoms with E-state index in [0.29, 0.717) is 12.5 Å². The molecular formula is C13H17BrN2O. The molecule has 2 rings (SSSR count). The standard InChI is InChI=1S/C13H17BrN2O/c1-9(11-5-6-11)16-13(17)15-8-10-3-2-4-12(14)7-10/h2-4,7,9,11H,5-6,8H2,1H3,(H2,15,16,17). The van der Waals surface area contributed by atoms with Crippen molar-refractivity contribution < 1.29 is 4.79 Å². The largest absolute Gasteiger partial charge is 0.335 e. The van der Waals surface area contributed by atoms with Gasteiger partial charge in [0.15, 0.2) is 0 Å². The smallest absolute Gasteiger partial charge is 0.315 e. The van der Waals surface area contributed by atoms with E-state index in [2.05, 4.69) is 33.5 Å². The first kappa shape index (κ1) is 12.4. The van der Waals surface area contributed by atoms with Crippen molar-refractivity contribution in [3.63, 3.8) is 0 Å². The van der Waals surface area contributed by atoms with Gasteiger partial charge < -0.3 is 10.6 Å². The topological polar surface area (TPSA) is 41.1 Å². The minimum atomic E-state index is -0.0793. The first-order valence-corrected chi connectivity index (χ1v) is 6.73. The minimum absolute atomic E-state index is 0.0793. The Balaban J connectivity index is 1.75. The van der Waals surface area contributed by atoms with Crippen molar-refractivity contribution in [1.82, 2.24) is 10.6 Å². The molecule has 1 aromatic carbocycles. The molecule has 1 aromatic rings. The van der Waals surface area contributed by atoms with Crippen LogP contribution in [-0.4, -0.2) is 12.1 Å². The van der Waals surface area contributed by atoms with E-state index >= 15 is 0 Å². The monoisotopic (exact) mass is 296 g/mol. The summed E-state index contributed by atoms with van der Waals surface area (Å²) in [7, 11) is 0. The van der Waals surface area contributed by atoms with Crippen LogP contribution in [0.5, 0.6) is 0 Å². The van der Waals surface area contributed by atoms with Gasteiger partial charge in [0, 0.05) is 17.1 Å². The summed E-state index contributed by atoms with van der Waals surface area (Å²) in [6.45, 7) is 2.62. The number of amides is 2. The van der Waals surface area contributed by atoms with Gasteiger partial charge in [-0.15, -0.1) is 0 Å². The fraction of sp³-hybridized carbons (Fsp3) is 0.462. The lowest BCUT2D eigenvalue weighted by Crippen LogP contribution is -2.41. The molecule has 1 unspecified atom stereocenters. The van der Waals surface area contributed by atoms with Crippen LogP contribution < -0.4 is 10.6 Å². The van der Waals surface area contributed by atoms with Gasteiger partial charge in [0.2, 0.25) is 0 Å². The second-order valence-electron chi connectivity index (χ2n) is 4.58. The summed E-state index contributed by atoms with van der Waals surface area (Å²) >= 11 is 3.41. The summed E-state index contributed by atoms with van der Waals surface area (Å²) in [5.41, 5.74) is 1.09. The highest BCUT2D eigenvalue weighted by Crippen LogP contribution is 2.32. The SMILES string of the molecule is CC(NC(=O)NCc1cccc(Br)c1)C1CC1. The number of hydrogen-bond acceptors (Lipinski definition) is 1. The van der Waals surface area contributed by atoms with Crippen LogP contribution in [0.15, 0.2) is 28.7 Å². The highest BCUT2D eigenvalue weighted by Gasteiger charge is 2.28. The van der Waals surface area contributed by atoms with E-state index in [1.165, 1.54) is 12.8 Å². The van der Waals surface area contributed by atoms with Crippen LogP contribution in [0.3, 0.4) is 0 Å². The van der Waals surface area contributed by atoms with Crippen molar-refractivity contribution >= 4 is 22.0 Å². The average molecular weight is 297 g/mol. The third kappa shape index (κ3) is 4.04. The first-order chi connectivity index (χ1) is 8.15. The van der Waals surface area contributed by atoms with Crippen molar-refractivity contribution in [3.8, 4) is 0 Å². The molecule has 1 saturated carbocycles. The Morgan fingerprint density at radius 2 is 2.29 bits per heavy atom. The second kappa shape index (κ2) is 5.54. The predicted molar refractivity (Wildman–Crippen MR) is 71.7 cm³/mol. The molecule has 1 fully saturated rings. The summed E-state index contributed by atoms with van der Waals surface area (Å²) in [6.07, 6.45) is 2.49. The maximum atomic E-state index is 11.6. The molecule has 0 heterocycles. The molecule has 2 N–H and O–H groups in total. The van der Waals surface area contributed by atoms with Gasteiger partial charge in [-0.05, 0) is 43.4 Å². The van der Waals surface area contributed by atoms with Crippen LogP contribution in [0.2, 0.25) is 0 Å². The van der Waals surface area contributed by atoms with Crippen molar-refractivity contribution in [1.29, 1.82) is 0 Å². The average Bonchev–Trinajstić information content (AvgIpc) is 3.10. The van der Waals surface area contributed by atoms with Gasteiger partial charge >= 0.3 is 6.03 Å². The molecule has 2 amide bonds. The quantitative estimate of drug-likeness (QED) is 0.881. The van der Waals surface area contributed by atoms with E-state index in [4.69, 9.17) is 0 Å². The fourth-order valence-corrected chi connectivity index (χ4v) is 2.25. The molecule has 0 bridgehead atoms. The van der Waals surface area contributed by atoms with Gasteiger partial charge in [-0.2, -0.15) is 0 Å². The maximum Gasteiger partial charge on any atom is 0.315 e. The Bertz CT molecular complexity index is 404. The Kier molecular flexibility index (Phi) is 4.05. The lowest BCUT2D eigenvalue weighted by Gasteiger charge is -2.13. The molecule has 1 aliphatic carbocycles. The lowest BCUT2D eigenvalue weighted by atomic mass is 10.2. The van der Waals surface area contributed by atoms with Gasteiger partial charge in [0.05, 0.1) is 0 Å². The summed E-state index contributed by atoms with van der Waals surface area (Å²) < 4.78 is 1.03. The Labute approximate surface area is 110 Å². The van der Waals surface area contributed by atoms with E-state index in [1.807, 2.05) is 24.3 Å². The molecule has 4 heteroatoms. The van der Waals surface area contributed by atoms with Gasteiger partial charge in [-0.25, -0.2) is 4.79 Å². The predicted octanol–water partition coefficient (Wildman–Crippen LogP) is 3.05. The molecule has 92 valence electrons. The fourth-order valence-electron chi connectivity index (χ4n) is 1.80. The Morgan fingerprint density at radius 1 is 1.53 bits per heavy atom. The maximum absolute atomic E-state index is 11.6. The van der Waals surface area contributed by atoms with Crippen molar-refractivity contribution in [2.45, 2.75) is 32.4 Å². The molecule has 1 atom stereocenters. The normalized spacial score (nSPS) is 16.4. The molecular weight excluding hydrogens is 280 g/mol. The lowest BCUT2D eigenvalue weighted by molar-refractivity contribution is 0.236. The Hall–Kier alpha value is -1.03. The number of benzene rings is 1. The number of hydrogen-bond donors (Lipinski definition) is 2. The number of urea groups is 1. The number of rotatable bonds is 4. The van der Waals surface area contributed by atoms with Crippen molar-refractivity contribution in [3.05, 3.63) is 34.3 Å². The second-order valence-corrected chi connectivity index (χ2v) is 5.50. The zero-order valence-corrected chi connectivity index (χ0v) is 11.5. The van der Waals surface area contributed by atoms with Crippen LogP contribution in [0.25, 0.3) is 0 Å². The number of carbonyl (C=O) groups excluding carboxylic acids is 1. The highest BCUT2D eigenvalue weighted by molar-refractivity contribution is 9.10. The van der Waals surface area contributed by atoms with Crippen LogP contribution in [0, 0.1) is 5.92 Å². The molecule has 0 spiro atoms. The summed E-state index contributed by atoms with van der Waals surface area (Å²) in [5, 5.41) is 5.83. The molecule has 0 radical (unpaired) electrons. The molecule has 3 nitrogen and oxygen atoms in total. The van der Waals surface area contributed by atoms with Crippen LogP contribution in [0.4, 0.5) is 4.79 Å². The van der Waals surface area contributed by atoms with E-state index in [9.17, 15) is 4.79 Å². The van der Waals surface area contributed by atoms with Gasteiger partial charge in [0.1, 0.15) is 0 Å². The third-order valence-electron chi connectivity index (χ3n) is 3.03. The minimum Gasteiger partial charge on any atom is -0.335 e. The first-order valence-electron chi connectivity index (χ1n) is 5.94. The summed E-state index contributed by atoms with van der Waals surface area (Å²) in [4.78, 5) is 11.6. The highest BCUT2D eigenvalue weighted by atomic mass is 79.9.